The molecule has 1 aliphatic heterocycles. The van der Waals surface area contributed by atoms with Gasteiger partial charge in [-0.05, 0) is 36.0 Å². The van der Waals surface area contributed by atoms with Crippen LogP contribution in [0.15, 0.2) is 23.0 Å². The number of aromatic amines is 1. The number of aromatic nitrogens is 2. The number of benzene rings is 1. The molecule has 1 aromatic heterocycles. The summed E-state index contributed by atoms with van der Waals surface area (Å²) in [5, 5.41) is 9.49. The molecule has 3 rings (SSSR count). The molecule has 17 heavy (non-hydrogen) atoms. The van der Waals surface area contributed by atoms with E-state index in [2.05, 4.69) is 4.98 Å². The summed E-state index contributed by atoms with van der Waals surface area (Å²) in [4.78, 5) is 14.7. The average Bonchev–Trinajstić information content (AvgIpc) is 2.90. The Morgan fingerprint density at radius 1 is 1.53 bits per heavy atom. The molecule has 2 N–H and O–H groups in total. The second kappa shape index (κ2) is 4.14. The molecule has 0 aliphatic carbocycles. The Morgan fingerprint density at radius 3 is 3.18 bits per heavy atom. The van der Waals surface area contributed by atoms with Gasteiger partial charge in [0.25, 0.3) is 0 Å². The number of hydrogen-bond acceptors (Lipinski definition) is 3. The number of phenolic OH excluding ortho intramolecular Hbond substituents is 1. The molecule has 0 saturated carbocycles. The van der Waals surface area contributed by atoms with Crippen LogP contribution in [0.25, 0.3) is 11.0 Å². The third kappa shape index (κ3) is 1.95. The van der Waals surface area contributed by atoms with Gasteiger partial charge < -0.3 is 10.1 Å². The van der Waals surface area contributed by atoms with Gasteiger partial charge in [0, 0.05) is 12.6 Å². The maximum Gasteiger partial charge on any atom is 0.326 e. The number of nitrogens with one attached hydrogen (secondary N) is 1. The number of phenols is 1. The molecule has 1 unspecified atom stereocenters. The van der Waals surface area contributed by atoms with E-state index in [0.717, 1.165) is 23.3 Å². The van der Waals surface area contributed by atoms with Gasteiger partial charge >= 0.3 is 5.69 Å². The van der Waals surface area contributed by atoms with Gasteiger partial charge in [0.2, 0.25) is 0 Å². The number of aromatic hydroxyl groups is 1. The first-order valence-corrected chi connectivity index (χ1v) is 6.89. The zero-order valence-corrected chi connectivity index (χ0v) is 10.2. The fraction of sp³-hybridized carbons (Fsp3) is 0.417. The molecule has 1 fully saturated rings. The number of fused-ring (bicyclic) bond motifs is 1. The highest BCUT2D eigenvalue weighted by molar-refractivity contribution is 7.99. The van der Waals surface area contributed by atoms with Crippen molar-refractivity contribution >= 4 is 22.8 Å². The maximum atomic E-state index is 11.9. The molecule has 1 atom stereocenters. The van der Waals surface area contributed by atoms with Crippen LogP contribution in [0.4, 0.5) is 0 Å². The summed E-state index contributed by atoms with van der Waals surface area (Å²) >= 11 is 1.94. The number of rotatable bonds is 2. The van der Waals surface area contributed by atoms with Gasteiger partial charge in [0.05, 0.1) is 11.0 Å². The van der Waals surface area contributed by atoms with Crippen LogP contribution < -0.4 is 5.69 Å². The SMILES string of the molecule is O=c1[nH]c2ccc(O)cc2n1CC1CCSC1. The molecule has 2 aromatic rings. The van der Waals surface area contributed by atoms with Crippen LogP contribution >= 0.6 is 11.8 Å². The summed E-state index contributed by atoms with van der Waals surface area (Å²) in [5.41, 5.74) is 1.51. The number of imidazole rings is 1. The molecule has 5 heteroatoms. The lowest BCUT2D eigenvalue weighted by atomic mass is 10.1. The van der Waals surface area contributed by atoms with E-state index in [0.29, 0.717) is 5.92 Å². The van der Waals surface area contributed by atoms with E-state index < -0.39 is 0 Å². The highest BCUT2D eigenvalue weighted by Crippen LogP contribution is 2.26. The van der Waals surface area contributed by atoms with E-state index in [1.165, 1.54) is 12.2 Å². The largest absolute Gasteiger partial charge is 0.508 e. The normalized spacial score (nSPS) is 20.1. The van der Waals surface area contributed by atoms with Gasteiger partial charge in [0.1, 0.15) is 5.75 Å². The van der Waals surface area contributed by atoms with E-state index in [-0.39, 0.29) is 11.4 Å². The van der Waals surface area contributed by atoms with Gasteiger partial charge in [0.15, 0.2) is 0 Å². The number of thioether (sulfide) groups is 1. The second-order valence-electron chi connectivity index (χ2n) is 4.47. The summed E-state index contributed by atoms with van der Waals surface area (Å²) in [6.07, 6.45) is 1.17. The molecule has 1 saturated heterocycles. The Balaban J connectivity index is 2.04. The third-order valence-electron chi connectivity index (χ3n) is 3.22. The van der Waals surface area contributed by atoms with Crippen LogP contribution in [-0.4, -0.2) is 26.2 Å². The monoisotopic (exact) mass is 250 g/mol. The van der Waals surface area contributed by atoms with Crippen molar-refractivity contribution in [2.75, 3.05) is 11.5 Å². The van der Waals surface area contributed by atoms with Crippen molar-refractivity contribution in [2.45, 2.75) is 13.0 Å². The lowest BCUT2D eigenvalue weighted by Crippen LogP contribution is -2.21. The zero-order chi connectivity index (χ0) is 11.8. The summed E-state index contributed by atoms with van der Waals surface area (Å²) in [6, 6.07) is 4.98. The molecule has 4 nitrogen and oxygen atoms in total. The number of hydrogen-bond donors (Lipinski definition) is 2. The zero-order valence-electron chi connectivity index (χ0n) is 9.35. The van der Waals surface area contributed by atoms with Crippen molar-refractivity contribution in [2.24, 2.45) is 5.92 Å². The molecule has 0 bridgehead atoms. The lowest BCUT2D eigenvalue weighted by molar-refractivity contribution is 0.473. The maximum absolute atomic E-state index is 11.9. The van der Waals surface area contributed by atoms with Crippen molar-refractivity contribution in [1.29, 1.82) is 0 Å². The van der Waals surface area contributed by atoms with E-state index in [4.69, 9.17) is 0 Å². The molecule has 1 aromatic carbocycles. The summed E-state index contributed by atoms with van der Waals surface area (Å²) in [6.45, 7) is 0.745. The minimum absolute atomic E-state index is 0.0810. The summed E-state index contributed by atoms with van der Waals surface area (Å²) < 4.78 is 1.74. The Bertz CT molecular complexity index is 596. The average molecular weight is 250 g/mol. The minimum atomic E-state index is -0.0810. The predicted molar refractivity (Wildman–Crippen MR) is 69.7 cm³/mol. The molecule has 2 heterocycles. The fourth-order valence-corrected chi connectivity index (χ4v) is 3.58. The van der Waals surface area contributed by atoms with Gasteiger partial charge in [-0.3, -0.25) is 4.57 Å². The first-order valence-electron chi connectivity index (χ1n) is 5.73. The van der Waals surface area contributed by atoms with Crippen molar-refractivity contribution in [3.8, 4) is 5.75 Å². The number of nitrogens with zero attached hydrogens (tertiary/aromatic N) is 1. The second-order valence-corrected chi connectivity index (χ2v) is 5.62. The first-order chi connectivity index (χ1) is 8.24. The number of H-pyrrole nitrogens is 1. The van der Waals surface area contributed by atoms with Gasteiger partial charge in [-0.15, -0.1) is 0 Å². The van der Waals surface area contributed by atoms with Crippen molar-refractivity contribution < 1.29 is 5.11 Å². The Hall–Kier alpha value is -1.36. The van der Waals surface area contributed by atoms with Crippen LogP contribution in [0.1, 0.15) is 6.42 Å². The van der Waals surface area contributed by atoms with Gasteiger partial charge in [-0.1, -0.05) is 0 Å². The molecule has 90 valence electrons. The molecular formula is C12H14N2O2S. The third-order valence-corrected chi connectivity index (χ3v) is 4.46. The summed E-state index contributed by atoms with van der Waals surface area (Å²) in [7, 11) is 0. The van der Waals surface area contributed by atoms with Crippen molar-refractivity contribution in [1.82, 2.24) is 9.55 Å². The first kappa shape index (κ1) is 10.8. The topological polar surface area (TPSA) is 58.0 Å². The highest BCUT2D eigenvalue weighted by Gasteiger charge is 2.18. The predicted octanol–water partition coefficient (Wildman–Crippen LogP) is 1.79. The van der Waals surface area contributed by atoms with Crippen LogP contribution in [0.5, 0.6) is 5.75 Å². The van der Waals surface area contributed by atoms with E-state index in [1.807, 2.05) is 11.8 Å². The van der Waals surface area contributed by atoms with Crippen LogP contribution in [0.3, 0.4) is 0 Å². The van der Waals surface area contributed by atoms with Crippen LogP contribution in [0, 0.1) is 5.92 Å². The molecule has 0 radical (unpaired) electrons. The van der Waals surface area contributed by atoms with Crippen molar-refractivity contribution in [3.63, 3.8) is 0 Å². The molecular weight excluding hydrogens is 236 g/mol. The smallest absolute Gasteiger partial charge is 0.326 e. The Labute approximate surface area is 103 Å². The van der Waals surface area contributed by atoms with Crippen LogP contribution in [0.2, 0.25) is 0 Å². The quantitative estimate of drug-likeness (QED) is 0.854. The van der Waals surface area contributed by atoms with E-state index >= 15 is 0 Å². The Morgan fingerprint density at radius 2 is 2.41 bits per heavy atom. The van der Waals surface area contributed by atoms with Crippen molar-refractivity contribution in [3.05, 3.63) is 28.7 Å². The molecule has 1 aliphatic rings. The lowest BCUT2D eigenvalue weighted by Gasteiger charge is -2.09. The fourth-order valence-electron chi connectivity index (χ4n) is 2.31. The van der Waals surface area contributed by atoms with Gasteiger partial charge in [-0.2, -0.15) is 11.8 Å². The standard InChI is InChI=1S/C12H14N2O2S/c15-9-1-2-10-11(5-9)14(12(16)13-10)6-8-3-4-17-7-8/h1-2,5,8,15H,3-4,6-7H2,(H,13,16). The van der Waals surface area contributed by atoms with E-state index in [1.54, 1.807) is 22.8 Å². The highest BCUT2D eigenvalue weighted by atomic mass is 32.2. The van der Waals surface area contributed by atoms with Gasteiger partial charge in [-0.25, -0.2) is 4.79 Å². The van der Waals surface area contributed by atoms with E-state index in [9.17, 15) is 9.90 Å². The Kier molecular flexibility index (Phi) is 2.63. The summed E-state index contributed by atoms with van der Waals surface area (Å²) in [5.74, 6) is 3.08. The molecule has 0 amide bonds. The minimum Gasteiger partial charge on any atom is -0.508 e. The molecule has 0 spiro atoms. The van der Waals surface area contributed by atoms with Crippen LogP contribution in [-0.2, 0) is 6.54 Å².